The van der Waals surface area contributed by atoms with Crippen molar-refractivity contribution in [3.05, 3.63) is 0 Å². The van der Waals surface area contributed by atoms with Gasteiger partial charge in [-0.15, -0.1) is 0 Å². The van der Waals surface area contributed by atoms with E-state index in [-0.39, 0.29) is 0 Å². The number of fused-ring (bicyclic) bond motifs is 2. The number of hydrogen-bond donors (Lipinski definition) is 0. The maximum atomic E-state index is 2.50. The van der Waals surface area contributed by atoms with Crippen LogP contribution in [0.5, 0.6) is 0 Å². The zero-order chi connectivity index (χ0) is 9.14. The van der Waals surface area contributed by atoms with Crippen LogP contribution in [0.15, 0.2) is 0 Å². The quantitative estimate of drug-likeness (QED) is 0.542. The molecule has 0 aromatic carbocycles. The summed E-state index contributed by atoms with van der Waals surface area (Å²) in [7, 11) is 4.46. The molecule has 2 nitrogen and oxygen atoms in total. The fraction of sp³-hybridized carbons (Fsp3) is 1.00. The van der Waals surface area contributed by atoms with Gasteiger partial charge in [0.05, 0.1) is 0 Å². The minimum atomic E-state index is 0.883. The lowest BCUT2D eigenvalue weighted by Gasteiger charge is -2.54. The van der Waals surface area contributed by atoms with Crippen molar-refractivity contribution < 1.29 is 0 Å². The van der Waals surface area contributed by atoms with Gasteiger partial charge in [-0.25, -0.2) is 0 Å². The predicted molar refractivity (Wildman–Crippen MR) is 53.4 cm³/mol. The van der Waals surface area contributed by atoms with E-state index >= 15 is 0 Å². The van der Waals surface area contributed by atoms with Crippen LogP contribution in [-0.4, -0.2) is 49.1 Å². The molecule has 0 aromatic heterocycles. The molecule has 3 rings (SSSR count). The third-order valence-corrected chi connectivity index (χ3v) is 2.74. The number of piperazine rings is 1. The molecule has 2 unspecified atom stereocenters. The molecule has 12 heavy (non-hydrogen) atoms. The van der Waals surface area contributed by atoms with E-state index in [4.69, 9.17) is 0 Å². The molecule has 2 bridgehead atoms. The summed E-state index contributed by atoms with van der Waals surface area (Å²) in [5.41, 5.74) is 0. The third-order valence-electron chi connectivity index (χ3n) is 2.74. The first-order valence-corrected chi connectivity index (χ1v) is 5.09. The van der Waals surface area contributed by atoms with Crippen molar-refractivity contribution >= 4 is 0 Å². The van der Waals surface area contributed by atoms with E-state index < -0.39 is 0 Å². The first-order chi connectivity index (χ1) is 5.69. The molecule has 3 heterocycles. The van der Waals surface area contributed by atoms with E-state index in [0.717, 1.165) is 12.1 Å². The monoisotopic (exact) mass is 170 g/mol. The number of nitrogens with zero attached hydrogens (tertiary/aromatic N) is 2. The molecule has 2 atom stereocenters. The van der Waals surface area contributed by atoms with Gasteiger partial charge in [-0.3, -0.25) is 4.90 Å². The zero-order valence-corrected chi connectivity index (χ0v) is 8.88. The van der Waals surface area contributed by atoms with E-state index in [0.29, 0.717) is 0 Å². The van der Waals surface area contributed by atoms with Gasteiger partial charge in [-0.2, -0.15) is 0 Å². The summed E-state index contributed by atoms with van der Waals surface area (Å²) in [4.78, 5) is 4.93. The first kappa shape index (κ1) is 10.0. The van der Waals surface area contributed by atoms with Crippen molar-refractivity contribution in [2.24, 2.45) is 0 Å². The minimum Gasteiger partial charge on any atom is -0.303 e. The fourth-order valence-electron chi connectivity index (χ4n) is 2.01. The number of hydrogen-bond acceptors (Lipinski definition) is 2. The van der Waals surface area contributed by atoms with Gasteiger partial charge in [0.25, 0.3) is 0 Å². The van der Waals surface area contributed by atoms with Gasteiger partial charge in [-0.05, 0) is 20.5 Å². The maximum absolute atomic E-state index is 2.50. The van der Waals surface area contributed by atoms with Gasteiger partial charge in [0, 0.05) is 25.2 Å². The van der Waals surface area contributed by atoms with Crippen molar-refractivity contribution in [2.75, 3.05) is 27.2 Å². The standard InChI is InChI=1S/C7H14N2.C3H8/c1-8-4-6-3-7(5-8)9(6)2;1-3-2/h6-7H,3-5H2,1-2H3;3H2,1-2H3. The summed E-state index contributed by atoms with van der Waals surface area (Å²) in [5.74, 6) is 0. The van der Waals surface area contributed by atoms with E-state index in [1.165, 1.54) is 25.9 Å². The van der Waals surface area contributed by atoms with Gasteiger partial charge in [0.15, 0.2) is 0 Å². The highest BCUT2D eigenvalue weighted by atomic mass is 15.3. The molecule has 0 aliphatic carbocycles. The smallest absolute Gasteiger partial charge is 0.0238 e. The molecule has 0 spiro atoms. The Bertz CT molecular complexity index is 124. The molecule has 0 N–H and O–H groups in total. The fourth-order valence-corrected chi connectivity index (χ4v) is 2.01. The lowest BCUT2D eigenvalue weighted by Crippen LogP contribution is -2.66. The Labute approximate surface area is 76.5 Å². The topological polar surface area (TPSA) is 6.48 Å². The van der Waals surface area contributed by atoms with Crippen LogP contribution in [0, 0.1) is 0 Å². The average molecular weight is 170 g/mol. The third kappa shape index (κ3) is 1.99. The molecule has 0 aromatic rings. The highest BCUT2D eigenvalue weighted by molar-refractivity contribution is 4.97. The summed E-state index contributed by atoms with van der Waals surface area (Å²) in [6.45, 7) is 6.82. The number of likely N-dealkylation sites (N-methyl/N-ethyl adjacent to an activating group) is 2. The van der Waals surface area contributed by atoms with Crippen molar-refractivity contribution in [1.29, 1.82) is 0 Å². The van der Waals surface area contributed by atoms with Crippen LogP contribution >= 0.6 is 0 Å². The zero-order valence-electron chi connectivity index (χ0n) is 8.88. The van der Waals surface area contributed by atoms with Crippen LogP contribution in [0.4, 0.5) is 0 Å². The molecule has 0 saturated carbocycles. The van der Waals surface area contributed by atoms with Crippen LogP contribution in [0.3, 0.4) is 0 Å². The van der Waals surface area contributed by atoms with Crippen LogP contribution in [0.2, 0.25) is 0 Å². The lowest BCUT2D eigenvalue weighted by atomic mass is 9.89. The Morgan fingerprint density at radius 3 is 1.75 bits per heavy atom. The SMILES string of the molecule is CCC.CN1CC2CC(C1)N2C. The largest absolute Gasteiger partial charge is 0.303 e. The van der Waals surface area contributed by atoms with Crippen molar-refractivity contribution in [1.82, 2.24) is 9.80 Å². The Kier molecular flexibility index (Phi) is 3.53. The molecule has 0 amide bonds. The van der Waals surface area contributed by atoms with Gasteiger partial charge in [0.1, 0.15) is 0 Å². The Morgan fingerprint density at radius 2 is 1.50 bits per heavy atom. The normalized spacial score (nSPS) is 35.0. The van der Waals surface area contributed by atoms with Crippen LogP contribution in [-0.2, 0) is 0 Å². The number of piperidine rings is 1. The van der Waals surface area contributed by atoms with Crippen molar-refractivity contribution in [3.8, 4) is 0 Å². The summed E-state index contributed by atoms with van der Waals surface area (Å²) >= 11 is 0. The molecule has 3 aliphatic heterocycles. The number of rotatable bonds is 0. The summed E-state index contributed by atoms with van der Waals surface area (Å²) in [6.07, 6.45) is 2.70. The second kappa shape index (κ2) is 4.24. The maximum Gasteiger partial charge on any atom is 0.0238 e. The predicted octanol–water partition coefficient (Wildman–Crippen LogP) is 1.42. The molecular weight excluding hydrogens is 148 g/mol. The van der Waals surface area contributed by atoms with E-state index in [1.54, 1.807) is 0 Å². The van der Waals surface area contributed by atoms with E-state index in [2.05, 4.69) is 37.7 Å². The van der Waals surface area contributed by atoms with Crippen LogP contribution < -0.4 is 0 Å². The second-order valence-corrected chi connectivity index (χ2v) is 4.14. The van der Waals surface area contributed by atoms with Crippen LogP contribution in [0.25, 0.3) is 0 Å². The first-order valence-electron chi connectivity index (χ1n) is 5.09. The molecular formula is C10H22N2. The minimum absolute atomic E-state index is 0.883. The average Bonchev–Trinajstić information content (AvgIpc) is 2.05. The summed E-state index contributed by atoms with van der Waals surface area (Å²) in [6, 6.07) is 1.77. The van der Waals surface area contributed by atoms with E-state index in [1.807, 2.05) is 0 Å². The Morgan fingerprint density at radius 1 is 1.08 bits per heavy atom. The van der Waals surface area contributed by atoms with Crippen LogP contribution in [0.1, 0.15) is 26.7 Å². The molecule has 72 valence electrons. The van der Waals surface area contributed by atoms with E-state index in [9.17, 15) is 0 Å². The highest BCUT2D eigenvalue weighted by Crippen LogP contribution is 2.28. The lowest BCUT2D eigenvalue weighted by molar-refractivity contribution is -0.0408. The van der Waals surface area contributed by atoms with Crippen molar-refractivity contribution in [3.63, 3.8) is 0 Å². The molecule has 2 heteroatoms. The van der Waals surface area contributed by atoms with Gasteiger partial charge in [-0.1, -0.05) is 20.3 Å². The second-order valence-electron chi connectivity index (χ2n) is 4.14. The summed E-state index contributed by atoms with van der Waals surface area (Å²) < 4.78 is 0. The van der Waals surface area contributed by atoms with Gasteiger partial charge >= 0.3 is 0 Å². The van der Waals surface area contributed by atoms with Crippen molar-refractivity contribution in [2.45, 2.75) is 38.8 Å². The molecule has 3 fully saturated rings. The van der Waals surface area contributed by atoms with Gasteiger partial charge < -0.3 is 4.90 Å². The molecule has 0 radical (unpaired) electrons. The molecule has 3 saturated heterocycles. The Balaban J connectivity index is 0.000000213. The molecule has 3 aliphatic rings. The highest BCUT2D eigenvalue weighted by Gasteiger charge is 2.40. The van der Waals surface area contributed by atoms with Gasteiger partial charge in [0.2, 0.25) is 0 Å². The Hall–Kier alpha value is -0.0800. The summed E-state index contributed by atoms with van der Waals surface area (Å²) in [5, 5.41) is 0.